The Balaban J connectivity index is 2.00. The van der Waals surface area contributed by atoms with Crippen LogP contribution in [0.2, 0.25) is 0 Å². The summed E-state index contributed by atoms with van der Waals surface area (Å²) in [6.45, 7) is 0. The van der Waals surface area contributed by atoms with Gasteiger partial charge in [0.1, 0.15) is 23.2 Å². The lowest BCUT2D eigenvalue weighted by molar-refractivity contribution is -0.114. The quantitative estimate of drug-likeness (QED) is 0.865. The van der Waals surface area contributed by atoms with E-state index >= 15 is 0 Å². The maximum Gasteiger partial charge on any atom is 0.342 e. The zero-order valence-corrected chi connectivity index (χ0v) is 13.3. The van der Waals surface area contributed by atoms with Gasteiger partial charge in [-0.2, -0.15) is 0 Å². The van der Waals surface area contributed by atoms with Gasteiger partial charge in [-0.3, -0.25) is 4.79 Å². The topological polar surface area (TPSA) is 72.8 Å². The van der Waals surface area contributed by atoms with E-state index in [0.29, 0.717) is 25.0 Å². The Morgan fingerprint density at radius 2 is 2.09 bits per heavy atom. The maximum absolute atomic E-state index is 12.2. The fourth-order valence-electron chi connectivity index (χ4n) is 2.54. The van der Waals surface area contributed by atoms with Crippen molar-refractivity contribution in [1.82, 2.24) is 0 Å². The molecule has 5 heteroatoms. The summed E-state index contributed by atoms with van der Waals surface area (Å²) in [5, 5.41) is 9.90. The predicted octanol–water partition coefficient (Wildman–Crippen LogP) is 3.41. The molecule has 1 atom stereocenters. The molecule has 23 heavy (non-hydrogen) atoms. The molecule has 1 aliphatic rings. The van der Waals surface area contributed by atoms with Gasteiger partial charge in [0, 0.05) is 12.5 Å². The van der Waals surface area contributed by atoms with Crippen molar-refractivity contribution in [3.05, 3.63) is 35.9 Å². The highest BCUT2D eigenvalue weighted by Gasteiger charge is 2.19. The molecule has 0 radical (unpaired) electrons. The maximum atomic E-state index is 12.2. The average molecular weight is 318 g/mol. The third-order valence-electron chi connectivity index (χ3n) is 3.86. The third kappa shape index (κ3) is 5.13. The number of allylic oxidation sites excluding steroid dienone is 2. The third-order valence-corrected chi connectivity index (χ3v) is 3.86. The van der Waals surface area contributed by atoms with E-state index in [0.717, 1.165) is 19.3 Å². The number of benzene rings is 1. The standard InChI is InChI=1S/C18H22O5/c1-22-15-10-11-16(17(20)12-15)18(21)23-14-8-4-2-6-13(19)7-3-5-9-14/h2,6,10-12,14,20H,3-5,7-9H2,1H3. The second kappa shape index (κ2) is 8.36. The molecule has 0 saturated heterocycles. The molecule has 0 aromatic heterocycles. The van der Waals surface area contributed by atoms with Crippen LogP contribution in [-0.2, 0) is 9.53 Å². The zero-order chi connectivity index (χ0) is 16.7. The molecule has 5 nitrogen and oxygen atoms in total. The normalized spacial score (nSPS) is 19.2. The Bertz CT molecular complexity index is 591. The van der Waals surface area contributed by atoms with E-state index in [2.05, 4.69) is 0 Å². The molecular formula is C18H22O5. The van der Waals surface area contributed by atoms with Crippen molar-refractivity contribution < 1.29 is 24.2 Å². The Morgan fingerprint density at radius 3 is 2.83 bits per heavy atom. The SMILES string of the molecule is COc1ccc(C(=O)OC2CCC=CC(=O)CCCC2)c(O)c1. The van der Waals surface area contributed by atoms with Crippen LogP contribution in [0, 0.1) is 0 Å². The van der Waals surface area contributed by atoms with Crippen LogP contribution in [0.15, 0.2) is 30.4 Å². The highest BCUT2D eigenvalue weighted by Crippen LogP contribution is 2.25. The Labute approximate surface area is 135 Å². The van der Waals surface area contributed by atoms with Crippen molar-refractivity contribution in [2.45, 2.75) is 44.6 Å². The van der Waals surface area contributed by atoms with Crippen LogP contribution in [0.25, 0.3) is 0 Å². The van der Waals surface area contributed by atoms with Crippen LogP contribution in [0.3, 0.4) is 0 Å². The molecule has 2 rings (SSSR count). The number of methoxy groups -OCH3 is 1. The highest BCUT2D eigenvalue weighted by molar-refractivity contribution is 5.92. The van der Waals surface area contributed by atoms with Gasteiger partial charge in [0.25, 0.3) is 0 Å². The summed E-state index contributed by atoms with van der Waals surface area (Å²) in [5.41, 5.74) is 0.133. The summed E-state index contributed by atoms with van der Waals surface area (Å²) in [6.07, 6.45) is 7.50. The van der Waals surface area contributed by atoms with Crippen molar-refractivity contribution in [3.8, 4) is 11.5 Å². The second-order valence-corrected chi connectivity index (χ2v) is 5.60. The first-order valence-electron chi connectivity index (χ1n) is 7.87. The lowest BCUT2D eigenvalue weighted by atomic mass is 10.0. The number of ether oxygens (including phenoxy) is 2. The molecular weight excluding hydrogens is 296 g/mol. The number of aromatic hydroxyl groups is 1. The van der Waals surface area contributed by atoms with E-state index in [4.69, 9.17) is 9.47 Å². The molecule has 0 bridgehead atoms. The first-order chi connectivity index (χ1) is 11.1. The van der Waals surface area contributed by atoms with Crippen LogP contribution in [0.4, 0.5) is 0 Å². The summed E-state index contributed by atoms with van der Waals surface area (Å²) < 4.78 is 10.5. The Hall–Kier alpha value is -2.30. The fraction of sp³-hybridized carbons (Fsp3) is 0.444. The molecule has 0 fully saturated rings. The molecule has 1 aliphatic carbocycles. The van der Waals surface area contributed by atoms with Gasteiger partial charge in [0.05, 0.1) is 7.11 Å². The summed E-state index contributed by atoms with van der Waals surface area (Å²) >= 11 is 0. The summed E-state index contributed by atoms with van der Waals surface area (Å²) in [4.78, 5) is 23.7. The van der Waals surface area contributed by atoms with Gasteiger partial charge >= 0.3 is 5.97 Å². The molecule has 124 valence electrons. The first-order valence-corrected chi connectivity index (χ1v) is 7.87. The number of rotatable bonds is 3. The minimum Gasteiger partial charge on any atom is -0.507 e. The minimum absolute atomic E-state index is 0.133. The number of carbonyl (C=O) groups is 2. The Morgan fingerprint density at radius 1 is 1.26 bits per heavy atom. The number of esters is 1. The molecule has 0 saturated carbocycles. The smallest absolute Gasteiger partial charge is 0.342 e. The molecule has 0 spiro atoms. The summed E-state index contributed by atoms with van der Waals surface area (Å²) in [6, 6.07) is 4.49. The highest BCUT2D eigenvalue weighted by atomic mass is 16.5. The molecule has 0 heterocycles. The van der Waals surface area contributed by atoms with Gasteiger partial charge in [-0.15, -0.1) is 0 Å². The second-order valence-electron chi connectivity index (χ2n) is 5.60. The molecule has 0 aliphatic heterocycles. The lowest BCUT2D eigenvalue weighted by Gasteiger charge is -2.18. The van der Waals surface area contributed by atoms with E-state index in [1.807, 2.05) is 6.08 Å². The number of ketones is 1. The predicted molar refractivity (Wildman–Crippen MR) is 85.7 cm³/mol. The fourth-order valence-corrected chi connectivity index (χ4v) is 2.54. The van der Waals surface area contributed by atoms with Gasteiger partial charge in [-0.05, 0) is 50.3 Å². The van der Waals surface area contributed by atoms with Crippen LogP contribution in [-0.4, -0.2) is 30.1 Å². The van der Waals surface area contributed by atoms with E-state index < -0.39 is 5.97 Å². The molecule has 1 aromatic carbocycles. The average Bonchev–Trinajstić information content (AvgIpc) is 2.54. The van der Waals surface area contributed by atoms with Crippen molar-refractivity contribution in [3.63, 3.8) is 0 Å². The number of phenolic OH excluding ortho intramolecular Hbond substituents is 1. The minimum atomic E-state index is -0.535. The van der Waals surface area contributed by atoms with Crippen LogP contribution < -0.4 is 4.74 Å². The van der Waals surface area contributed by atoms with E-state index in [1.54, 1.807) is 12.1 Å². The summed E-state index contributed by atoms with van der Waals surface area (Å²) in [5.74, 6) is -0.0527. The van der Waals surface area contributed by atoms with E-state index in [1.165, 1.54) is 19.2 Å². The van der Waals surface area contributed by atoms with Crippen molar-refractivity contribution in [2.75, 3.05) is 7.11 Å². The number of hydrogen-bond donors (Lipinski definition) is 1. The van der Waals surface area contributed by atoms with E-state index in [9.17, 15) is 14.7 Å². The largest absolute Gasteiger partial charge is 0.507 e. The van der Waals surface area contributed by atoms with Crippen molar-refractivity contribution in [1.29, 1.82) is 0 Å². The summed E-state index contributed by atoms with van der Waals surface area (Å²) in [7, 11) is 1.49. The molecule has 0 amide bonds. The molecule has 1 unspecified atom stereocenters. The van der Waals surface area contributed by atoms with Crippen LogP contribution in [0.5, 0.6) is 11.5 Å². The van der Waals surface area contributed by atoms with Gasteiger partial charge < -0.3 is 14.6 Å². The molecule has 1 aromatic rings. The lowest BCUT2D eigenvalue weighted by Crippen LogP contribution is -2.19. The number of phenols is 1. The monoisotopic (exact) mass is 318 g/mol. The number of hydrogen-bond acceptors (Lipinski definition) is 5. The van der Waals surface area contributed by atoms with Crippen molar-refractivity contribution >= 4 is 11.8 Å². The zero-order valence-electron chi connectivity index (χ0n) is 13.3. The van der Waals surface area contributed by atoms with Gasteiger partial charge in [-0.25, -0.2) is 4.79 Å². The molecule has 1 N–H and O–H groups in total. The van der Waals surface area contributed by atoms with Gasteiger partial charge in [0.15, 0.2) is 5.78 Å². The van der Waals surface area contributed by atoms with Crippen molar-refractivity contribution in [2.24, 2.45) is 0 Å². The first kappa shape index (κ1) is 17.1. The van der Waals surface area contributed by atoms with Crippen LogP contribution in [0.1, 0.15) is 48.9 Å². The Kier molecular flexibility index (Phi) is 6.20. The van der Waals surface area contributed by atoms with Gasteiger partial charge in [0.2, 0.25) is 0 Å². The van der Waals surface area contributed by atoms with E-state index in [-0.39, 0.29) is 23.2 Å². The van der Waals surface area contributed by atoms with Gasteiger partial charge in [-0.1, -0.05) is 6.08 Å². The van der Waals surface area contributed by atoms with Crippen LogP contribution >= 0.6 is 0 Å². The number of carbonyl (C=O) groups excluding carboxylic acids is 2.